The molecule has 1 saturated heterocycles. The lowest BCUT2D eigenvalue weighted by molar-refractivity contribution is -0.141. The molecule has 7 heteroatoms. The Balaban J connectivity index is 0.00000107. The molecule has 0 aromatic heterocycles. The fraction of sp³-hybridized carbons (Fsp3) is 0.444. The van der Waals surface area contributed by atoms with E-state index in [4.69, 9.17) is 40.4 Å². The van der Waals surface area contributed by atoms with Gasteiger partial charge in [0.2, 0.25) is 0 Å². The number of hydrogen-bond acceptors (Lipinski definition) is 6. The number of halogens is 1. The van der Waals surface area contributed by atoms with Crippen LogP contribution < -0.4 is 9.47 Å². The van der Waals surface area contributed by atoms with E-state index in [0.29, 0.717) is 19.8 Å². The SMILES string of the molecule is CC1(C)OCC(COc2ccc(C(C)(C)c3ccc(OC/C=C/Cl)cc3)cc2)O1.CC=O.CO. The summed E-state index contributed by atoms with van der Waals surface area (Å²) in [4.78, 5) is 8.81. The van der Waals surface area contributed by atoms with E-state index in [1.807, 2.05) is 38.1 Å². The van der Waals surface area contributed by atoms with E-state index in [2.05, 4.69) is 38.1 Å². The zero-order valence-electron chi connectivity index (χ0n) is 20.9. The van der Waals surface area contributed by atoms with Gasteiger partial charge in [-0.1, -0.05) is 49.7 Å². The molecule has 1 aliphatic heterocycles. The topological polar surface area (TPSA) is 74.2 Å². The molecule has 0 amide bonds. The highest BCUT2D eigenvalue weighted by molar-refractivity contribution is 6.25. The predicted octanol–water partition coefficient (Wildman–Crippen LogP) is 5.49. The fourth-order valence-electron chi connectivity index (χ4n) is 3.32. The van der Waals surface area contributed by atoms with Crippen molar-refractivity contribution in [3.8, 4) is 11.5 Å². The average Bonchev–Trinajstić information content (AvgIpc) is 3.19. The van der Waals surface area contributed by atoms with E-state index in [9.17, 15) is 0 Å². The maximum Gasteiger partial charge on any atom is 0.163 e. The quantitative estimate of drug-likeness (QED) is 0.491. The first kappa shape index (κ1) is 29.7. The molecule has 1 aliphatic rings. The molecule has 0 bridgehead atoms. The minimum absolute atomic E-state index is 0.0400. The van der Waals surface area contributed by atoms with Crippen molar-refractivity contribution in [1.82, 2.24) is 0 Å². The number of rotatable bonds is 8. The smallest absolute Gasteiger partial charge is 0.163 e. The van der Waals surface area contributed by atoms with Gasteiger partial charge in [-0.2, -0.15) is 0 Å². The van der Waals surface area contributed by atoms with Gasteiger partial charge in [-0.25, -0.2) is 0 Å². The fourth-order valence-corrected chi connectivity index (χ4v) is 3.39. The van der Waals surface area contributed by atoms with Crippen LogP contribution in [0.15, 0.2) is 60.1 Å². The first-order chi connectivity index (χ1) is 16.2. The standard InChI is InChI=1S/C24H29ClO4.C2H4O.CH4O/c1-23(2,18-6-10-20(11-7-18)26-15-5-14-25)19-8-12-21(13-9-19)27-16-22-17-28-24(3,4)29-22;1-2-3;1-2/h5-14,22H,15-17H2,1-4H3;2H,1H3;2H,1H3/b14-5+;;. The van der Waals surface area contributed by atoms with Crippen LogP contribution in [0, 0.1) is 0 Å². The highest BCUT2D eigenvalue weighted by Crippen LogP contribution is 2.33. The molecular weight excluding hydrogens is 456 g/mol. The summed E-state index contributed by atoms with van der Waals surface area (Å²) in [6, 6.07) is 16.4. The van der Waals surface area contributed by atoms with Crippen LogP contribution in [0.25, 0.3) is 0 Å². The van der Waals surface area contributed by atoms with Crippen LogP contribution in [0.1, 0.15) is 45.7 Å². The van der Waals surface area contributed by atoms with Crippen molar-refractivity contribution in [3.05, 3.63) is 71.3 Å². The van der Waals surface area contributed by atoms with Gasteiger partial charge in [0.15, 0.2) is 5.79 Å². The molecule has 1 N–H and O–H groups in total. The largest absolute Gasteiger partial charge is 0.491 e. The number of carbonyl (C=O) groups excluding carboxylic acids is 1. The first-order valence-corrected chi connectivity index (χ1v) is 11.5. The van der Waals surface area contributed by atoms with E-state index in [-0.39, 0.29) is 11.5 Å². The highest BCUT2D eigenvalue weighted by atomic mass is 35.5. The molecular formula is C27H37ClO6. The third-order valence-corrected chi connectivity index (χ3v) is 5.27. The Morgan fingerprint density at radius 3 is 1.91 bits per heavy atom. The van der Waals surface area contributed by atoms with Crippen LogP contribution in [0.5, 0.6) is 11.5 Å². The summed E-state index contributed by atoms with van der Waals surface area (Å²) in [6.07, 6.45) is 2.47. The number of ether oxygens (including phenoxy) is 4. The van der Waals surface area contributed by atoms with E-state index >= 15 is 0 Å². The van der Waals surface area contributed by atoms with Crippen LogP contribution in [0.4, 0.5) is 0 Å². The zero-order chi connectivity index (χ0) is 25.6. The molecule has 0 saturated carbocycles. The Morgan fingerprint density at radius 1 is 1.03 bits per heavy atom. The number of benzene rings is 2. The van der Waals surface area contributed by atoms with Crippen LogP contribution >= 0.6 is 11.6 Å². The summed E-state index contributed by atoms with van der Waals surface area (Å²) >= 11 is 5.51. The molecule has 188 valence electrons. The van der Waals surface area contributed by atoms with E-state index in [0.717, 1.165) is 24.9 Å². The summed E-state index contributed by atoms with van der Waals surface area (Å²) in [5.41, 5.74) is 3.75. The summed E-state index contributed by atoms with van der Waals surface area (Å²) < 4.78 is 22.8. The number of carbonyl (C=O) groups is 1. The van der Waals surface area contributed by atoms with Gasteiger partial charge in [0, 0.05) is 18.1 Å². The molecule has 3 rings (SSSR count). The molecule has 1 heterocycles. The highest BCUT2D eigenvalue weighted by Gasteiger charge is 2.33. The van der Waals surface area contributed by atoms with Gasteiger partial charge in [-0.05, 0) is 62.2 Å². The molecule has 2 aromatic carbocycles. The number of aldehydes is 1. The Bertz CT molecular complexity index is 860. The van der Waals surface area contributed by atoms with Gasteiger partial charge >= 0.3 is 0 Å². The van der Waals surface area contributed by atoms with Gasteiger partial charge in [0.1, 0.15) is 37.1 Å². The summed E-state index contributed by atoms with van der Waals surface area (Å²) in [5.74, 6) is 1.13. The van der Waals surface area contributed by atoms with Crippen molar-refractivity contribution in [2.75, 3.05) is 26.9 Å². The monoisotopic (exact) mass is 492 g/mol. The Kier molecular flexibility index (Phi) is 12.9. The van der Waals surface area contributed by atoms with E-state index in [1.165, 1.54) is 23.6 Å². The molecule has 34 heavy (non-hydrogen) atoms. The number of aliphatic hydroxyl groups is 1. The number of aliphatic hydroxyl groups excluding tert-OH is 1. The second-order valence-electron chi connectivity index (χ2n) is 8.34. The summed E-state index contributed by atoms with van der Waals surface area (Å²) in [6.45, 7) is 11.2. The average molecular weight is 493 g/mol. The van der Waals surface area contributed by atoms with Gasteiger partial charge in [-0.15, -0.1) is 0 Å². The van der Waals surface area contributed by atoms with Gasteiger partial charge in [0.25, 0.3) is 0 Å². The van der Waals surface area contributed by atoms with Crippen molar-refractivity contribution < 1.29 is 28.8 Å². The normalized spacial score (nSPS) is 16.6. The van der Waals surface area contributed by atoms with Crippen LogP contribution in [0.3, 0.4) is 0 Å². The predicted molar refractivity (Wildman–Crippen MR) is 136 cm³/mol. The molecule has 6 nitrogen and oxygen atoms in total. The minimum Gasteiger partial charge on any atom is -0.491 e. The second-order valence-corrected chi connectivity index (χ2v) is 8.60. The first-order valence-electron chi connectivity index (χ1n) is 11.1. The van der Waals surface area contributed by atoms with Crippen molar-refractivity contribution in [3.63, 3.8) is 0 Å². The maximum atomic E-state index is 8.81. The van der Waals surface area contributed by atoms with Crippen molar-refractivity contribution in [2.24, 2.45) is 0 Å². The minimum atomic E-state index is -0.525. The van der Waals surface area contributed by atoms with E-state index < -0.39 is 5.79 Å². The lowest BCUT2D eigenvalue weighted by Crippen LogP contribution is -2.25. The lowest BCUT2D eigenvalue weighted by Gasteiger charge is -2.26. The number of hydrogen-bond donors (Lipinski definition) is 1. The second kappa shape index (κ2) is 14.8. The summed E-state index contributed by atoms with van der Waals surface area (Å²) in [7, 11) is 1.00. The van der Waals surface area contributed by atoms with Crippen molar-refractivity contribution in [1.29, 1.82) is 0 Å². The Morgan fingerprint density at radius 2 is 1.50 bits per heavy atom. The molecule has 1 atom stereocenters. The molecule has 2 aromatic rings. The molecule has 0 radical (unpaired) electrons. The Hall–Kier alpha value is -2.38. The van der Waals surface area contributed by atoms with Gasteiger partial charge in [0.05, 0.1) is 6.61 Å². The maximum absolute atomic E-state index is 8.81. The van der Waals surface area contributed by atoms with Crippen molar-refractivity contribution >= 4 is 17.9 Å². The molecule has 0 spiro atoms. The molecule has 1 unspecified atom stereocenters. The van der Waals surface area contributed by atoms with Crippen LogP contribution in [-0.2, 0) is 19.7 Å². The van der Waals surface area contributed by atoms with E-state index in [1.54, 1.807) is 6.08 Å². The summed E-state index contributed by atoms with van der Waals surface area (Å²) in [5, 5.41) is 7.00. The third kappa shape index (κ3) is 9.47. The van der Waals surface area contributed by atoms with Gasteiger partial charge < -0.3 is 28.8 Å². The molecule has 1 fully saturated rings. The molecule has 0 aliphatic carbocycles. The zero-order valence-corrected chi connectivity index (χ0v) is 21.7. The lowest BCUT2D eigenvalue weighted by atomic mass is 9.78. The van der Waals surface area contributed by atoms with Crippen molar-refractivity contribution in [2.45, 2.75) is 51.9 Å². The van der Waals surface area contributed by atoms with Gasteiger partial charge in [-0.3, -0.25) is 0 Å². The van der Waals surface area contributed by atoms with Crippen LogP contribution in [-0.4, -0.2) is 50.2 Å². The third-order valence-electron chi connectivity index (χ3n) is 5.09. The Labute approximate surface area is 208 Å². The van der Waals surface area contributed by atoms with Crippen LogP contribution in [0.2, 0.25) is 0 Å².